The second-order valence-corrected chi connectivity index (χ2v) is 4.75. The summed E-state index contributed by atoms with van der Waals surface area (Å²) in [5.41, 5.74) is -0.909. The smallest absolute Gasteiger partial charge is 0.330 e. The van der Waals surface area contributed by atoms with Gasteiger partial charge >= 0.3 is 5.69 Å². The number of hydrogen-bond donors (Lipinski definition) is 2. The van der Waals surface area contributed by atoms with Crippen LogP contribution in [0.2, 0.25) is 0 Å². The van der Waals surface area contributed by atoms with Crippen LogP contribution in [0, 0.1) is 5.92 Å². The van der Waals surface area contributed by atoms with E-state index in [9.17, 15) is 9.59 Å². The molecule has 1 aromatic heterocycles. The molecule has 4 unspecified atom stereocenters. The van der Waals surface area contributed by atoms with Gasteiger partial charge in [0, 0.05) is 18.2 Å². The van der Waals surface area contributed by atoms with E-state index in [4.69, 9.17) is 14.2 Å². The topological polar surface area (TPSA) is 93.5 Å². The number of rotatable bonds is 4. The van der Waals surface area contributed by atoms with Crippen LogP contribution in [-0.4, -0.2) is 27.2 Å². The van der Waals surface area contributed by atoms with Crippen LogP contribution in [0.15, 0.2) is 21.9 Å². The van der Waals surface area contributed by atoms with E-state index in [0.717, 1.165) is 6.42 Å². The first-order valence-electron chi connectivity index (χ1n) is 5.59. The lowest BCUT2D eigenvalue weighted by atomic mass is 10.1. The van der Waals surface area contributed by atoms with Crippen molar-refractivity contribution in [2.75, 3.05) is 6.61 Å². The van der Waals surface area contributed by atoms with Crippen molar-refractivity contribution >= 4 is 9.03 Å². The number of H-pyrrole nitrogens is 1. The third kappa shape index (κ3) is 2.87. The summed E-state index contributed by atoms with van der Waals surface area (Å²) in [4.78, 5) is 33.4. The first kappa shape index (κ1) is 13.4. The Morgan fingerprint density at radius 1 is 1.67 bits per heavy atom. The third-order valence-corrected chi connectivity index (χ3v) is 3.21. The molecular formula is C10H15N2O5P. The van der Waals surface area contributed by atoms with Crippen LogP contribution in [0.5, 0.6) is 0 Å². The summed E-state index contributed by atoms with van der Waals surface area (Å²) in [6.07, 6.45) is 1.61. The predicted octanol–water partition coefficient (Wildman–Crippen LogP) is -0.0224. The van der Waals surface area contributed by atoms with E-state index in [2.05, 4.69) is 4.98 Å². The van der Waals surface area contributed by atoms with E-state index in [1.807, 2.05) is 6.92 Å². The zero-order chi connectivity index (χ0) is 13.1. The molecule has 0 aromatic carbocycles. The molecule has 1 aliphatic rings. The molecule has 8 heteroatoms. The second-order valence-electron chi connectivity index (χ2n) is 4.28. The lowest BCUT2D eigenvalue weighted by Gasteiger charge is -2.17. The van der Waals surface area contributed by atoms with E-state index < -0.39 is 26.5 Å². The maximum absolute atomic E-state index is 11.7. The highest BCUT2D eigenvalue weighted by molar-refractivity contribution is 7.24. The fraction of sp³-hybridized carbons (Fsp3) is 0.600. The summed E-state index contributed by atoms with van der Waals surface area (Å²) in [6.45, 7) is 2.26. The Morgan fingerprint density at radius 2 is 2.44 bits per heavy atom. The zero-order valence-electron chi connectivity index (χ0n) is 9.83. The average Bonchev–Trinajstić information content (AvgIpc) is 2.68. The van der Waals surface area contributed by atoms with Gasteiger partial charge in [0.25, 0.3) is 5.56 Å². The Balaban J connectivity index is 2.14. The quantitative estimate of drug-likeness (QED) is 0.752. The molecule has 1 fully saturated rings. The molecular weight excluding hydrogens is 259 g/mol. The average molecular weight is 274 g/mol. The van der Waals surface area contributed by atoms with Crippen LogP contribution in [-0.2, 0) is 9.26 Å². The lowest BCUT2D eigenvalue weighted by Crippen LogP contribution is -2.33. The minimum atomic E-state index is -0.565. The fourth-order valence-corrected chi connectivity index (χ4v) is 2.38. The number of nitrogens with zero attached hydrogens (tertiary/aromatic N) is 1. The first-order valence-corrected chi connectivity index (χ1v) is 6.45. The molecule has 0 saturated carbocycles. The number of nitrogens with one attached hydrogen (secondary N) is 1. The minimum Gasteiger partial charge on any atom is -0.352 e. The molecule has 100 valence electrons. The van der Waals surface area contributed by atoms with Gasteiger partial charge < -0.3 is 14.2 Å². The van der Waals surface area contributed by atoms with E-state index in [0.29, 0.717) is 6.61 Å². The monoisotopic (exact) mass is 274 g/mol. The molecule has 18 heavy (non-hydrogen) atoms. The predicted molar refractivity (Wildman–Crippen MR) is 65.5 cm³/mol. The molecule has 1 aliphatic heterocycles. The molecule has 1 aromatic rings. The van der Waals surface area contributed by atoms with Crippen molar-refractivity contribution in [1.29, 1.82) is 0 Å². The molecule has 2 N–H and O–H groups in total. The Kier molecular flexibility index (Phi) is 4.29. The van der Waals surface area contributed by atoms with Crippen LogP contribution in [0.4, 0.5) is 0 Å². The van der Waals surface area contributed by atoms with Gasteiger partial charge in [0.2, 0.25) is 0 Å². The van der Waals surface area contributed by atoms with E-state index >= 15 is 0 Å². The van der Waals surface area contributed by atoms with Gasteiger partial charge in [0.15, 0.2) is 9.03 Å². The third-order valence-electron chi connectivity index (χ3n) is 2.91. The summed E-state index contributed by atoms with van der Waals surface area (Å²) >= 11 is 0. The first-order chi connectivity index (χ1) is 8.61. The van der Waals surface area contributed by atoms with Crippen LogP contribution in [0.25, 0.3) is 0 Å². The minimum absolute atomic E-state index is 0.129. The van der Waals surface area contributed by atoms with Gasteiger partial charge in [-0.25, -0.2) is 4.79 Å². The summed E-state index contributed by atoms with van der Waals surface area (Å²) in [5.74, 6) is 0.129. The molecule has 7 nitrogen and oxygen atoms in total. The molecule has 0 amide bonds. The molecule has 0 aliphatic carbocycles. The van der Waals surface area contributed by atoms with E-state index in [1.165, 1.54) is 16.8 Å². The Labute approximate surface area is 105 Å². The van der Waals surface area contributed by atoms with E-state index in [-0.39, 0.29) is 12.0 Å². The highest BCUT2D eigenvalue weighted by atomic mass is 31.1. The van der Waals surface area contributed by atoms with E-state index in [1.54, 1.807) is 0 Å². The summed E-state index contributed by atoms with van der Waals surface area (Å²) < 4.78 is 12.0. The Bertz CT molecular complexity index is 513. The largest absolute Gasteiger partial charge is 0.352 e. The van der Waals surface area contributed by atoms with Gasteiger partial charge in [0.1, 0.15) is 6.23 Å². The van der Waals surface area contributed by atoms with Gasteiger partial charge in [-0.2, -0.15) is 0 Å². The van der Waals surface area contributed by atoms with Crippen molar-refractivity contribution in [1.82, 2.24) is 9.55 Å². The number of aromatic amines is 1. The van der Waals surface area contributed by atoms with Gasteiger partial charge in [-0.15, -0.1) is 0 Å². The number of ether oxygens (including phenoxy) is 1. The Morgan fingerprint density at radius 3 is 3.11 bits per heavy atom. The molecule has 0 bridgehead atoms. The van der Waals surface area contributed by atoms with Gasteiger partial charge in [0.05, 0.1) is 12.7 Å². The molecule has 0 spiro atoms. The summed E-state index contributed by atoms with van der Waals surface area (Å²) in [6, 6.07) is 1.29. The highest BCUT2D eigenvalue weighted by Gasteiger charge is 2.34. The summed E-state index contributed by atoms with van der Waals surface area (Å²) in [5, 5.41) is 0. The number of hydrogen-bond acceptors (Lipinski definition) is 5. The second kappa shape index (κ2) is 5.75. The molecule has 0 radical (unpaired) electrons. The number of aromatic nitrogens is 2. The lowest BCUT2D eigenvalue weighted by molar-refractivity contribution is -0.0286. The molecule has 1 saturated heterocycles. The highest BCUT2D eigenvalue weighted by Crippen LogP contribution is 2.33. The maximum Gasteiger partial charge on any atom is 0.330 e. The van der Waals surface area contributed by atoms with Crippen LogP contribution >= 0.6 is 9.03 Å². The molecule has 2 heterocycles. The van der Waals surface area contributed by atoms with Crippen molar-refractivity contribution in [3.05, 3.63) is 33.1 Å². The van der Waals surface area contributed by atoms with Crippen molar-refractivity contribution in [2.24, 2.45) is 5.92 Å². The Hall–Kier alpha value is -1.01. The van der Waals surface area contributed by atoms with Crippen LogP contribution in [0.1, 0.15) is 19.6 Å². The van der Waals surface area contributed by atoms with Gasteiger partial charge in [-0.3, -0.25) is 14.3 Å². The standard InChI is InChI=1S/C10H15N2O5P/c1-6-4-7(5-16-18-15)17-9(6)12-3-2-8(13)11-10(12)14/h2-3,6-7,9,15,18H,4-5H2,1H3,(H,11,13,14). The van der Waals surface area contributed by atoms with Gasteiger partial charge in [-0.1, -0.05) is 6.92 Å². The fourth-order valence-electron chi connectivity index (χ4n) is 2.12. The molecule has 2 rings (SSSR count). The van der Waals surface area contributed by atoms with Crippen molar-refractivity contribution in [3.8, 4) is 0 Å². The van der Waals surface area contributed by atoms with Crippen molar-refractivity contribution < 1.29 is 14.2 Å². The SMILES string of the molecule is CC1CC(COPO)OC1n1ccc(=O)[nH]c1=O. The van der Waals surface area contributed by atoms with Crippen molar-refractivity contribution in [2.45, 2.75) is 25.7 Å². The molecule has 4 atom stereocenters. The zero-order valence-corrected chi connectivity index (χ0v) is 10.8. The van der Waals surface area contributed by atoms with Crippen LogP contribution < -0.4 is 11.2 Å². The normalized spacial score (nSPS) is 28.2. The van der Waals surface area contributed by atoms with Crippen molar-refractivity contribution in [3.63, 3.8) is 0 Å². The van der Waals surface area contributed by atoms with Gasteiger partial charge in [-0.05, 0) is 6.42 Å². The maximum atomic E-state index is 11.7. The van der Waals surface area contributed by atoms with Crippen LogP contribution in [0.3, 0.4) is 0 Å². The summed E-state index contributed by atoms with van der Waals surface area (Å²) in [7, 11) is -0.565.